The minimum atomic E-state index is 0.251. The van der Waals surface area contributed by atoms with E-state index in [-0.39, 0.29) is 6.61 Å². The molecular weight excluding hydrogens is 321 g/mol. The number of benzene rings is 2. The summed E-state index contributed by atoms with van der Waals surface area (Å²) in [4.78, 5) is 6.90. The Labute approximate surface area is 129 Å². The monoisotopic (exact) mass is 327 g/mol. The normalized spacial score (nSPS) is 10.9. The van der Waals surface area contributed by atoms with Crippen molar-refractivity contribution in [1.82, 2.24) is 15.2 Å². The molecule has 20 heavy (non-hydrogen) atoms. The van der Waals surface area contributed by atoms with E-state index in [2.05, 4.69) is 10.3 Å². The summed E-state index contributed by atoms with van der Waals surface area (Å²) in [5.74, 6) is 0. The predicted molar refractivity (Wildman–Crippen MR) is 79.3 cm³/mol. The second-order valence-corrected chi connectivity index (χ2v) is 5.38. The van der Waals surface area contributed by atoms with Gasteiger partial charge in [0.05, 0.1) is 0 Å². The van der Waals surface area contributed by atoms with Gasteiger partial charge < -0.3 is 4.84 Å². The lowest BCUT2D eigenvalue weighted by Crippen LogP contribution is -2.13. The van der Waals surface area contributed by atoms with Crippen LogP contribution in [0.25, 0.3) is 11.0 Å². The summed E-state index contributed by atoms with van der Waals surface area (Å²) in [6, 6.07) is 10.5. The molecule has 0 aliphatic rings. The van der Waals surface area contributed by atoms with Crippen molar-refractivity contribution in [3.63, 3.8) is 0 Å². The molecule has 0 bridgehead atoms. The van der Waals surface area contributed by atoms with Gasteiger partial charge in [-0.1, -0.05) is 45.7 Å². The summed E-state index contributed by atoms with van der Waals surface area (Å²) in [7, 11) is 0. The molecule has 102 valence electrons. The van der Waals surface area contributed by atoms with Crippen molar-refractivity contribution in [3.05, 3.63) is 57.0 Å². The molecule has 1 aromatic heterocycles. The number of hydrogen-bond acceptors (Lipinski definition) is 3. The Morgan fingerprint density at radius 2 is 1.75 bits per heavy atom. The molecule has 1 heterocycles. The Bertz CT molecular complexity index is 773. The van der Waals surface area contributed by atoms with E-state index in [1.54, 1.807) is 36.4 Å². The van der Waals surface area contributed by atoms with Gasteiger partial charge in [0.25, 0.3) is 0 Å². The number of hydrogen-bond donors (Lipinski definition) is 0. The van der Waals surface area contributed by atoms with Gasteiger partial charge in [0.15, 0.2) is 0 Å². The van der Waals surface area contributed by atoms with Crippen molar-refractivity contribution < 1.29 is 4.84 Å². The van der Waals surface area contributed by atoms with Crippen molar-refractivity contribution >= 4 is 45.8 Å². The molecule has 3 aromatic rings. The molecule has 0 amide bonds. The lowest BCUT2D eigenvalue weighted by atomic mass is 10.2. The van der Waals surface area contributed by atoms with E-state index >= 15 is 0 Å². The number of aromatic nitrogens is 3. The minimum absolute atomic E-state index is 0.251. The van der Waals surface area contributed by atoms with E-state index in [1.165, 1.54) is 4.85 Å². The first kappa shape index (κ1) is 13.5. The number of halogens is 3. The summed E-state index contributed by atoms with van der Waals surface area (Å²) in [5.41, 5.74) is 2.21. The van der Waals surface area contributed by atoms with Gasteiger partial charge in [-0.15, -0.1) is 5.10 Å². The largest absolute Gasteiger partial charge is 0.390 e. The molecule has 0 aliphatic heterocycles. The molecule has 0 fully saturated rings. The van der Waals surface area contributed by atoms with Gasteiger partial charge in [-0.2, -0.15) is 0 Å². The van der Waals surface area contributed by atoms with Crippen LogP contribution in [0.15, 0.2) is 36.4 Å². The second-order valence-electron chi connectivity index (χ2n) is 4.10. The van der Waals surface area contributed by atoms with Crippen LogP contribution in [0.2, 0.25) is 15.1 Å². The summed E-state index contributed by atoms with van der Waals surface area (Å²) < 4.78 is 0. The maximum atomic E-state index is 6.08. The van der Waals surface area contributed by atoms with Crippen LogP contribution >= 0.6 is 34.8 Å². The van der Waals surface area contributed by atoms with Crippen molar-refractivity contribution in [1.29, 1.82) is 0 Å². The molecule has 0 saturated carbocycles. The van der Waals surface area contributed by atoms with Gasteiger partial charge in [0, 0.05) is 20.6 Å². The predicted octanol–water partition coefficient (Wildman–Crippen LogP) is 4.02. The second kappa shape index (κ2) is 5.48. The van der Waals surface area contributed by atoms with Gasteiger partial charge in [0.2, 0.25) is 0 Å². The van der Waals surface area contributed by atoms with Crippen LogP contribution in [0, 0.1) is 0 Å². The van der Waals surface area contributed by atoms with Crippen LogP contribution in [-0.4, -0.2) is 15.2 Å². The highest BCUT2D eigenvalue weighted by Gasteiger charge is 2.07. The van der Waals surface area contributed by atoms with E-state index < -0.39 is 0 Å². The smallest absolute Gasteiger partial charge is 0.143 e. The third kappa shape index (κ3) is 2.68. The van der Waals surface area contributed by atoms with Crippen LogP contribution in [0.3, 0.4) is 0 Å². The molecule has 0 radical (unpaired) electrons. The van der Waals surface area contributed by atoms with E-state index in [4.69, 9.17) is 39.6 Å². The fourth-order valence-corrected chi connectivity index (χ4v) is 2.37. The number of fused-ring (bicyclic) bond motifs is 1. The van der Waals surface area contributed by atoms with E-state index in [9.17, 15) is 0 Å². The number of rotatable bonds is 3. The molecule has 0 spiro atoms. The van der Waals surface area contributed by atoms with Crippen LogP contribution in [-0.2, 0) is 6.61 Å². The SMILES string of the molecule is Clc1ccc(COn2nnc3ccc(Cl)cc32)c(Cl)c1. The van der Waals surface area contributed by atoms with Crippen LogP contribution < -0.4 is 4.84 Å². The molecule has 0 saturated heterocycles. The molecule has 4 nitrogen and oxygen atoms in total. The fourth-order valence-electron chi connectivity index (χ4n) is 1.74. The average molecular weight is 329 g/mol. The molecule has 2 aromatic carbocycles. The highest BCUT2D eigenvalue weighted by molar-refractivity contribution is 6.35. The Morgan fingerprint density at radius 1 is 1.00 bits per heavy atom. The zero-order valence-corrected chi connectivity index (χ0v) is 12.3. The van der Waals surface area contributed by atoms with E-state index in [1.807, 2.05) is 0 Å². The van der Waals surface area contributed by atoms with Crippen LogP contribution in [0.4, 0.5) is 0 Å². The molecule has 0 aliphatic carbocycles. The van der Waals surface area contributed by atoms with Crippen molar-refractivity contribution in [3.8, 4) is 0 Å². The number of nitrogens with zero attached hydrogens (tertiary/aromatic N) is 3. The molecule has 0 unspecified atom stereocenters. The first-order valence-electron chi connectivity index (χ1n) is 5.72. The molecular formula is C13H8Cl3N3O. The Morgan fingerprint density at radius 3 is 2.55 bits per heavy atom. The molecule has 7 heteroatoms. The summed E-state index contributed by atoms with van der Waals surface area (Å²) >= 11 is 17.9. The highest BCUT2D eigenvalue weighted by atomic mass is 35.5. The van der Waals surface area contributed by atoms with E-state index in [0.29, 0.717) is 26.1 Å². The maximum Gasteiger partial charge on any atom is 0.143 e. The Hall–Kier alpha value is -1.49. The van der Waals surface area contributed by atoms with Crippen LogP contribution in [0.5, 0.6) is 0 Å². The summed E-state index contributed by atoms with van der Waals surface area (Å²) in [6.45, 7) is 0.251. The van der Waals surface area contributed by atoms with Gasteiger partial charge in [-0.05, 0) is 35.5 Å². The zero-order valence-electron chi connectivity index (χ0n) is 10.1. The fraction of sp³-hybridized carbons (Fsp3) is 0.0769. The quantitative estimate of drug-likeness (QED) is 0.729. The van der Waals surface area contributed by atoms with Gasteiger partial charge in [0.1, 0.15) is 17.6 Å². The maximum absolute atomic E-state index is 6.08. The Balaban J connectivity index is 1.85. The van der Waals surface area contributed by atoms with Crippen molar-refractivity contribution in [2.45, 2.75) is 6.61 Å². The first-order chi connectivity index (χ1) is 9.63. The summed E-state index contributed by atoms with van der Waals surface area (Å²) in [5, 5.41) is 9.61. The van der Waals surface area contributed by atoms with Crippen LogP contribution in [0.1, 0.15) is 5.56 Å². The van der Waals surface area contributed by atoms with Crippen molar-refractivity contribution in [2.75, 3.05) is 0 Å². The third-order valence-corrected chi connectivity index (χ3v) is 3.56. The van der Waals surface area contributed by atoms with Gasteiger partial charge in [-0.25, -0.2) is 0 Å². The topological polar surface area (TPSA) is 39.9 Å². The molecule has 0 N–H and O–H groups in total. The lowest BCUT2D eigenvalue weighted by Gasteiger charge is -2.07. The van der Waals surface area contributed by atoms with Gasteiger partial charge >= 0.3 is 0 Å². The van der Waals surface area contributed by atoms with Crippen molar-refractivity contribution in [2.24, 2.45) is 0 Å². The average Bonchev–Trinajstić information content (AvgIpc) is 2.80. The molecule has 0 atom stereocenters. The lowest BCUT2D eigenvalue weighted by molar-refractivity contribution is 0.0752. The highest BCUT2D eigenvalue weighted by Crippen LogP contribution is 2.21. The zero-order chi connectivity index (χ0) is 14.1. The first-order valence-corrected chi connectivity index (χ1v) is 6.85. The van der Waals surface area contributed by atoms with Gasteiger partial charge in [-0.3, -0.25) is 0 Å². The standard InChI is InChI=1S/C13H8Cl3N3O/c14-9-2-1-8(11(16)5-9)7-20-19-13-6-10(15)3-4-12(13)17-18-19/h1-6H,7H2. The minimum Gasteiger partial charge on any atom is -0.390 e. The summed E-state index contributed by atoms with van der Waals surface area (Å²) in [6.07, 6.45) is 0. The third-order valence-electron chi connectivity index (χ3n) is 2.73. The Kier molecular flexibility index (Phi) is 3.70. The molecule has 3 rings (SSSR count). The van der Waals surface area contributed by atoms with E-state index in [0.717, 1.165) is 5.56 Å².